The Morgan fingerprint density at radius 3 is 2.85 bits per heavy atom. The zero-order valence-corrected chi connectivity index (χ0v) is 11.1. The highest BCUT2D eigenvalue weighted by molar-refractivity contribution is 5.89. The monoisotopic (exact) mass is 269 g/mol. The fourth-order valence-corrected chi connectivity index (χ4v) is 2.48. The first-order chi connectivity index (χ1) is 9.65. The molecule has 102 valence electrons. The van der Waals surface area contributed by atoms with Crippen LogP contribution in [0.25, 0.3) is 0 Å². The van der Waals surface area contributed by atoms with Crippen molar-refractivity contribution in [1.82, 2.24) is 0 Å². The van der Waals surface area contributed by atoms with E-state index in [1.54, 1.807) is 19.1 Å². The fraction of sp³-hybridized carbons (Fsp3) is 0.188. The number of benzene rings is 2. The van der Waals surface area contributed by atoms with E-state index in [9.17, 15) is 4.79 Å². The lowest BCUT2D eigenvalue weighted by atomic mass is 10.1. The molecular formula is C16H15NO3. The second kappa shape index (κ2) is 4.89. The third kappa shape index (κ3) is 2.20. The smallest absolute Gasteiger partial charge is 0.335 e. The van der Waals surface area contributed by atoms with Gasteiger partial charge in [0.1, 0.15) is 12.4 Å². The van der Waals surface area contributed by atoms with E-state index in [4.69, 9.17) is 9.84 Å². The molecule has 2 aromatic carbocycles. The first kappa shape index (κ1) is 12.5. The van der Waals surface area contributed by atoms with E-state index in [0.717, 1.165) is 22.6 Å². The maximum atomic E-state index is 11.0. The number of hydrogen-bond donors (Lipinski definition) is 2. The SMILES string of the molecule is Cc1cc(NC2COc3ccccc32)ccc1C(=O)O. The number of anilines is 1. The van der Waals surface area contributed by atoms with E-state index >= 15 is 0 Å². The number of rotatable bonds is 3. The molecule has 20 heavy (non-hydrogen) atoms. The van der Waals surface area contributed by atoms with E-state index in [-0.39, 0.29) is 6.04 Å². The quantitative estimate of drug-likeness (QED) is 0.898. The highest BCUT2D eigenvalue weighted by Gasteiger charge is 2.23. The van der Waals surface area contributed by atoms with Gasteiger partial charge >= 0.3 is 5.97 Å². The van der Waals surface area contributed by atoms with Crippen molar-refractivity contribution in [3.8, 4) is 5.75 Å². The van der Waals surface area contributed by atoms with Gasteiger partial charge < -0.3 is 15.2 Å². The summed E-state index contributed by atoms with van der Waals surface area (Å²) in [5.74, 6) is 0.00692. The second-order valence-corrected chi connectivity index (χ2v) is 4.88. The van der Waals surface area contributed by atoms with Crippen molar-refractivity contribution in [2.45, 2.75) is 13.0 Å². The van der Waals surface area contributed by atoms with E-state index in [2.05, 4.69) is 5.32 Å². The van der Waals surface area contributed by atoms with Crippen LogP contribution in [0.4, 0.5) is 5.69 Å². The maximum absolute atomic E-state index is 11.0. The Hall–Kier alpha value is -2.49. The summed E-state index contributed by atoms with van der Waals surface area (Å²) in [5, 5.41) is 12.4. The van der Waals surface area contributed by atoms with E-state index in [1.165, 1.54) is 0 Å². The van der Waals surface area contributed by atoms with Crippen LogP contribution in [0.15, 0.2) is 42.5 Å². The molecule has 4 heteroatoms. The van der Waals surface area contributed by atoms with Crippen molar-refractivity contribution >= 4 is 11.7 Å². The molecule has 0 spiro atoms. The number of carboxylic acids is 1. The minimum absolute atomic E-state index is 0.0984. The van der Waals surface area contributed by atoms with Crippen LogP contribution in [0.2, 0.25) is 0 Å². The molecule has 1 heterocycles. The van der Waals surface area contributed by atoms with Gasteiger partial charge in [0.2, 0.25) is 0 Å². The number of fused-ring (bicyclic) bond motifs is 1. The van der Waals surface area contributed by atoms with Crippen molar-refractivity contribution < 1.29 is 14.6 Å². The van der Waals surface area contributed by atoms with Crippen LogP contribution in [-0.4, -0.2) is 17.7 Å². The number of nitrogens with one attached hydrogen (secondary N) is 1. The Morgan fingerprint density at radius 1 is 1.30 bits per heavy atom. The summed E-state index contributed by atoms with van der Waals surface area (Å²) in [6.07, 6.45) is 0. The molecule has 3 rings (SSSR count). The molecule has 4 nitrogen and oxygen atoms in total. The Balaban J connectivity index is 1.83. The minimum Gasteiger partial charge on any atom is -0.491 e. The van der Waals surface area contributed by atoms with Gasteiger partial charge in [0.05, 0.1) is 11.6 Å². The van der Waals surface area contributed by atoms with E-state index in [1.807, 2.05) is 30.3 Å². The third-order valence-corrected chi connectivity index (χ3v) is 3.50. The molecule has 1 aliphatic heterocycles. The van der Waals surface area contributed by atoms with Crippen LogP contribution in [0.3, 0.4) is 0 Å². The van der Waals surface area contributed by atoms with Crippen molar-refractivity contribution in [3.05, 3.63) is 59.2 Å². The van der Waals surface area contributed by atoms with Crippen molar-refractivity contribution in [2.75, 3.05) is 11.9 Å². The van der Waals surface area contributed by atoms with Gasteiger partial charge in [0.25, 0.3) is 0 Å². The minimum atomic E-state index is -0.899. The summed E-state index contributed by atoms with van der Waals surface area (Å²) in [6, 6.07) is 13.3. The van der Waals surface area contributed by atoms with Crippen LogP contribution < -0.4 is 10.1 Å². The van der Waals surface area contributed by atoms with Gasteiger partial charge in [-0.3, -0.25) is 0 Å². The van der Waals surface area contributed by atoms with E-state index < -0.39 is 5.97 Å². The van der Waals surface area contributed by atoms with Crippen LogP contribution in [0.5, 0.6) is 5.75 Å². The number of para-hydroxylation sites is 1. The topological polar surface area (TPSA) is 58.6 Å². The highest BCUT2D eigenvalue weighted by atomic mass is 16.5. The van der Waals surface area contributed by atoms with E-state index in [0.29, 0.717) is 12.2 Å². The van der Waals surface area contributed by atoms with Crippen LogP contribution in [0, 0.1) is 6.92 Å². The normalized spacial score (nSPS) is 16.4. The summed E-state index contributed by atoms with van der Waals surface area (Å²) in [7, 11) is 0. The van der Waals surface area contributed by atoms with Gasteiger partial charge in [-0.05, 0) is 36.8 Å². The lowest BCUT2D eigenvalue weighted by molar-refractivity contribution is 0.0696. The summed E-state index contributed by atoms with van der Waals surface area (Å²) in [4.78, 5) is 11.0. The van der Waals surface area contributed by atoms with Gasteiger partial charge in [-0.15, -0.1) is 0 Å². The first-order valence-corrected chi connectivity index (χ1v) is 6.47. The lowest BCUT2D eigenvalue weighted by Gasteiger charge is -2.14. The summed E-state index contributed by atoms with van der Waals surface area (Å²) >= 11 is 0. The molecule has 2 N–H and O–H groups in total. The molecule has 0 fully saturated rings. The highest BCUT2D eigenvalue weighted by Crippen LogP contribution is 2.34. The van der Waals surface area contributed by atoms with Gasteiger partial charge in [-0.2, -0.15) is 0 Å². The summed E-state index contributed by atoms with van der Waals surface area (Å²) < 4.78 is 5.62. The summed E-state index contributed by atoms with van der Waals surface area (Å²) in [5.41, 5.74) is 3.11. The fourth-order valence-electron chi connectivity index (χ4n) is 2.48. The zero-order valence-electron chi connectivity index (χ0n) is 11.1. The predicted molar refractivity (Wildman–Crippen MR) is 76.4 cm³/mol. The maximum Gasteiger partial charge on any atom is 0.335 e. The molecule has 0 amide bonds. The Kier molecular flexibility index (Phi) is 3.06. The number of aryl methyl sites for hydroxylation is 1. The van der Waals surface area contributed by atoms with Gasteiger partial charge in [-0.25, -0.2) is 4.79 Å². The number of ether oxygens (including phenoxy) is 1. The molecule has 0 radical (unpaired) electrons. The first-order valence-electron chi connectivity index (χ1n) is 6.47. The van der Waals surface area contributed by atoms with Gasteiger partial charge in [-0.1, -0.05) is 18.2 Å². The van der Waals surface area contributed by atoms with Crippen LogP contribution >= 0.6 is 0 Å². The zero-order chi connectivity index (χ0) is 14.1. The number of aromatic carboxylic acids is 1. The average molecular weight is 269 g/mol. The largest absolute Gasteiger partial charge is 0.491 e. The van der Waals surface area contributed by atoms with Crippen LogP contribution in [-0.2, 0) is 0 Å². The Labute approximate surface area is 117 Å². The van der Waals surface area contributed by atoms with Gasteiger partial charge in [0.15, 0.2) is 0 Å². The molecule has 1 unspecified atom stereocenters. The molecule has 1 atom stereocenters. The average Bonchev–Trinajstić information content (AvgIpc) is 2.82. The van der Waals surface area contributed by atoms with Crippen molar-refractivity contribution in [1.29, 1.82) is 0 Å². The number of hydrogen-bond acceptors (Lipinski definition) is 3. The number of carboxylic acid groups (broad SMARTS) is 1. The summed E-state index contributed by atoms with van der Waals surface area (Å²) in [6.45, 7) is 2.38. The molecule has 0 saturated heterocycles. The molecule has 2 aromatic rings. The van der Waals surface area contributed by atoms with Crippen molar-refractivity contribution in [3.63, 3.8) is 0 Å². The van der Waals surface area contributed by atoms with Crippen LogP contribution in [0.1, 0.15) is 27.5 Å². The molecule has 0 saturated carbocycles. The van der Waals surface area contributed by atoms with Gasteiger partial charge in [0, 0.05) is 11.3 Å². The molecule has 0 aromatic heterocycles. The molecule has 1 aliphatic rings. The van der Waals surface area contributed by atoms with Crippen molar-refractivity contribution in [2.24, 2.45) is 0 Å². The predicted octanol–water partition coefficient (Wildman–Crippen LogP) is 3.24. The number of carbonyl (C=O) groups is 1. The molecule has 0 aliphatic carbocycles. The molecule has 0 bridgehead atoms. The standard InChI is InChI=1S/C16H15NO3/c1-10-8-11(6-7-12(10)16(18)19)17-14-9-20-15-5-3-2-4-13(14)15/h2-8,14,17H,9H2,1H3,(H,18,19). The molecular weight excluding hydrogens is 254 g/mol. The Morgan fingerprint density at radius 2 is 2.10 bits per heavy atom. The Bertz CT molecular complexity index is 667. The second-order valence-electron chi connectivity index (χ2n) is 4.88. The lowest BCUT2D eigenvalue weighted by Crippen LogP contribution is -2.12. The third-order valence-electron chi connectivity index (χ3n) is 3.50.